The van der Waals surface area contributed by atoms with Gasteiger partial charge in [0.15, 0.2) is 0 Å². The number of hydrogen-bond donors (Lipinski definition) is 1. The van der Waals surface area contributed by atoms with Crippen molar-refractivity contribution < 1.29 is 0 Å². The molecule has 2 nitrogen and oxygen atoms in total. The zero-order chi connectivity index (χ0) is 10.9. The van der Waals surface area contributed by atoms with E-state index in [1.54, 1.807) is 0 Å². The Labute approximate surface area is 98.0 Å². The molecule has 2 fully saturated rings. The number of thioether (sulfide) groups is 1. The molecule has 0 aliphatic carbocycles. The number of nitrogens with zero attached hydrogens (tertiary/aromatic N) is 1. The van der Waals surface area contributed by atoms with Gasteiger partial charge < -0.3 is 5.73 Å². The van der Waals surface area contributed by atoms with Crippen molar-refractivity contribution in [3.05, 3.63) is 0 Å². The van der Waals surface area contributed by atoms with Gasteiger partial charge in [0.25, 0.3) is 0 Å². The maximum atomic E-state index is 6.08. The maximum Gasteiger partial charge on any atom is 0.0427 e. The van der Waals surface area contributed by atoms with E-state index in [0.29, 0.717) is 11.1 Å². The van der Waals surface area contributed by atoms with E-state index in [0.717, 1.165) is 6.54 Å². The molecule has 2 N–H and O–H groups in total. The first-order valence-electron chi connectivity index (χ1n) is 6.16. The zero-order valence-corrected chi connectivity index (χ0v) is 10.9. The number of likely N-dealkylation sites (tertiary alicyclic amines) is 1. The van der Waals surface area contributed by atoms with Gasteiger partial charge in [0.05, 0.1) is 0 Å². The Bertz CT molecular complexity index is 222. The van der Waals surface area contributed by atoms with Gasteiger partial charge in [0, 0.05) is 23.4 Å². The molecule has 2 aliphatic heterocycles. The molecule has 0 aromatic carbocycles. The van der Waals surface area contributed by atoms with Gasteiger partial charge in [0.2, 0.25) is 0 Å². The van der Waals surface area contributed by atoms with Crippen molar-refractivity contribution in [1.29, 1.82) is 0 Å². The predicted octanol–water partition coefficient (Wildman–Crippen LogP) is 2.09. The normalized spacial score (nSPS) is 37.0. The molecular formula is C12H24N2S. The molecule has 15 heavy (non-hydrogen) atoms. The fourth-order valence-corrected chi connectivity index (χ4v) is 4.60. The highest BCUT2D eigenvalue weighted by molar-refractivity contribution is 7.99. The highest BCUT2D eigenvalue weighted by Crippen LogP contribution is 2.40. The van der Waals surface area contributed by atoms with Gasteiger partial charge in [-0.05, 0) is 51.8 Å². The van der Waals surface area contributed by atoms with Crippen LogP contribution in [0.3, 0.4) is 0 Å². The second-order valence-electron chi connectivity index (χ2n) is 5.65. The first kappa shape index (κ1) is 11.7. The number of rotatable bonds is 2. The zero-order valence-electron chi connectivity index (χ0n) is 10.1. The number of nitrogens with two attached hydrogens (primary N) is 1. The van der Waals surface area contributed by atoms with E-state index in [2.05, 4.69) is 30.5 Å². The van der Waals surface area contributed by atoms with E-state index in [4.69, 9.17) is 5.73 Å². The van der Waals surface area contributed by atoms with Crippen molar-refractivity contribution in [3.8, 4) is 0 Å². The molecule has 2 saturated heterocycles. The van der Waals surface area contributed by atoms with Crippen LogP contribution in [0.25, 0.3) is 0 Å². The summed E-state index contributed by atoms with van der Waals surface area (Å²) in [6.07, 6.45) is 5.33. The lowest BCUT2D eigenvalue weighted by atomic mass is 9.89. The second-order valence-corrected chi connectivity index (χ2v) is 6.76. The molecule has 0 amide bonds. The molecular weight excluding hydrogens is 204 g/mol. The minimum Gasteiger partial charge on any atom is -0.329 e. The van der Waals surface area contributed by atoms with Crippen molar-refractivity contribution in [2.45, 2.75) is 50.6 Å². The summed E-state index contributed by atoms with van der Waals surface area (Å²) >= 11 is 2.09. The summed E-state index contributed by atoms with van der Waals surface area (Å²) in [5.74, 6) is 2.57. The molecule has 2 heterocycles. The van der Waals surface area contributed by atoms with Crippen molar-refractivity contribution in [3.63, 3.8) is 0 Å². The van der Waals surface area contributed by atoms with Gasteiger partial charge in [0.1, 0.15) is 0 Å². The Hall–Kier alpha value is 0.270. The minimum absolute atomic E-state index is 0.308. The van der Waals surface area contributed by atoms with E-state index in [9.17, 15) is 0 Å². The predicted molar refractivity (Wildman–Crippen MR) is 68.4 cm³/mol. The largest absolute Gasteiger partial charge is 0.329 e. The molecule has 88 valence electrons. The van der Waals surface area contributed by atoms with Crippen LogP contribution in [0, 0.1) is 0 Å². The fourth-order valence-electron chi connectivity index (χ4n) is 3.31. The highest BCUT2D eigenvalue weighted by atomic mass is 32.2. The van der Waals surface area contributed by atoms with Gasteiger partial charge in [-0.3, -0.25) is 4.90 Å². The first-order valence-corrected chi connectivity index (χ1v) is 7.32. The third-order valence-corrected chi connectivity index (χ3v) is 5.47. The molecule has 1 unspecified atom stereocenters. The third kappa shape index (κ3) is 2.06. The van der Waals surface area contributed by atoms with Crippen LogP contribution < -0.4 is 5.73 Å². The SMILES string of the molecule is CC1(C)CCCN1C1(CN)CCCSC1. The number of hydrogen-bond acceptors (Lipinski definition) is 3. The topological polar surface area (TPSA) is 29.3 Å². The van der Waals surface area contributed by atoms with Crippen LogP contribution >= 0.6 is 11.8 Å². The van der Waals surface area contributed by atoms with E-state index >= 15 is 0 Å². The lowest BCUT2D eigenvalue weighted by molar-refractivity contribution is 0.0426. The standard InChI is InChI=1S/C12H24N2S/c1-11(2)5-3-7-14(11)12(9-13)6-4-8-15-10-12/h3-10,13H2,1-2H3. The maximum absolute atomic E-state index is 6.08. The summed E-state index contributed by atoms with van der Waals surface area (Å²) in [6, 6.07) is 0. The van der Waals surface area contributed by atoms with Crippen molar-refractivity contribution in [2.75, 3.05) is 24.6 Å². The highest BCUT2D eigenvalue weighted by Gasteiger charge is 2.46. The van der Waals surface area contributed by atoms with E-state index in [1.807, 2.05) is 0 Å². The quantitative estimate of drug-likeness (QED) is 0.785. The van der Waals surface area contributed by atoms with Crippen molar-refractivity contribution >= 4 is 11.8 Å². The Morgan fingerprint density at radius 3 is 2.53 bits per heavy atom. The van der Waals surface area contributed by atoms with E-state index in [-0.39, 0.29) is 0 Å². The molecule has 2 rings (SSSR count). The Kier molecular flexibility index (Phi) is 3.34. The summed E-state index contributed by atoms with van der Waals surface area (Å²) in [4.78, 5) is 2.71. The Morgan fingerprint density at radius 2 is 2.07 bits per heavy atom. The molecule has 0 saturated carbocycles. The summed E-state index contributed by atoms with van der Waals surface area (Å²) in [5.41, 5.74) is 6.76. The summed E-state index contributed by atoms with van der Waals surface area (Å²) in [7, 11) is 0. The lowest BCUT2D eigenvalue weighted by Crippen LogP contribution is -2.61. The second kappa shape index (κ2) is 4.27. The summed E-state index contributed by atoms with van der Waals surface area (Å²) in [6.45, 7) is 6.86. The van der Waals surface area contributed by atoms with Crippen molar-refractivity contribution in [1.82, 2.24) is 4.90 Å². The minimum atomic E-state index is 0.308. The first-order chi connectivity index (χ1) is 7.11. The smallest absolute Gasteiger partial charge is 0.0427 e. The van der Waals surface area contributed by atoms with Crippen molar-refractivity contribution in [2.24, 2.45) is 5.73 Å². The van der Waals surface area contributed by atoms with Crippen LogP contribution in [0.1, 0.15) is 39.5 Å². The fraction of sp³-hybridized carbons (Fsp3) is 1.00. The molecule has 0 aromatic rings. The third-order valence-electron chi connectivity index (χ3n) is 4.16. The van der Waals surface area contributed by atoms with Crippen LogP contribution in [0.15, 0.2) is 0 Å². The van der Waals surface area contributed by atoms with Crippen LogP contribution in [-0.4, -0.2) is 40.6 Å². The average molecular weight is 228 g/mol. The lowest BCUT2D eigenvalue weighted by Gasteiger charge is -2.50. The van der Waals surface area contributed by atoms with Crippen LogP contribution in [0.5, 0.6) is 0 Å². The Morgan fingerprint density at radius 1 is 1.27 bits per heavy atom. The van der Waals surface area contributed by atoms with E-state index < -0.39 is 0 Å². The van der Waals surface area contributed by atoms with E-state index in [1.165, 1.54) is 43.7 Å². The molecule has 3 heteroatoms. The van der Waals surface area contributed by atoms with Crippen LogP contribution in [0.2, 0.25) is 0 Å². The van der Waals surface area contributed by atoms with Gasteiger partial charge in [-0.25, -0.2) is 0 Å². The van der Waals surface area contributed by atoms with Gasteiger partial charge >= 0.3 is 0 Å². The molecule has 2 aliphatic rings. The van der Waals surface area contributed by atoms with Gasteiger partial charge in [-0.1, -0.05) is 0 Å². The molecule has 0 radical (unpaired) electrons. The molecule has 0 spiro atoms. The Balaban J connectivity index is 2.17. The van der Waals surface area contributed by atoms with Gasteiger partial charge in [-0.2, -0.15) is 11.8 Å². The molecule has 0 aromatic heterocycles. The average Bonchev–Trinajstić information content (AvgIpc) is 2.60. The van der Waals surface area contributed by atoms with Gasteiger partial charge in [-0.15, -0.1) is 0 Å². The van der Waals surface area contributed by atoms with Crippen LogP contribution in [-0.2, 0) is 0 Å². The van der Waals surface area contributed by atoms with Crippen LogP contribution in [0.4, 0.5) is 0 Å². The monoisotopic (exact) mass is 228 g/mol. The summed E-state index contributed by atoms with van der Waals surface area (Å²) < 4.78 is 0. The summed E-state index contributed by atoms with van der Waals surface area (Å²) in [5, 5.41) is 0. The molecule has 1 atom stereocenters. The molecule has 0 bridgehead atoms.